The Morgan fingerprint density at radius 2 is 2.27 bits per heavy atom. The molecule has 0 amide bonds. The van der Waals surface area contributed by atoms with Crippen LogP contribution in [0.4, 0.5) is 5.82 Å². The van der Waals surface area contributed by atoms with Crippen LogP contribution in [0.2, 0.25) is 0 Å². The molecule has 0 saturated heterocycles. The summed E-state index contributed by atoms with van der Waals surface area (Å²) in [7, 11) is 0. The second-order valence-electron chi connectivity index (χ2n) is 3.80. The molecule has 0 bridgehead atoms. The molecule has 3 nitrogen and oxygen atoms in total. The van der Waals surface area contributed by atoms with Crippen molar-refractivity contribution in [3.05, 3.63) is 46.3 Å². The molecule has 0 aromatic carbocycles. The zero-order valence-electron chi connectivity index (χ0n) is 8.49. The minimum absolute atomic E-state index is 0.574. The predicted molar refractivity (Wildman–Crippen MR) is 59.4 cm³/mol. The molecule has 3 heteroatoms. The number of aryl methyl sites for hydroxylation is 1. The maximum atomic E-state index is 5.75. The molecule has 0 radical (unpaired) electrons. The largest absolute Gasteiger partial charge is 0.384 e. The summed E-state index contributed by atoms with van der Waals surface area (Å²) in [5.41, 5.74) is 8.99. The summed E-state index contributed by atoms with van der Waals surface area (Å²) in [6.07, 6.45) is 7.15. The fraction of sp³-hybridized carbons (Fsp3) is 0.167. The third kappa shape index (κ3) is 1.13. The lowest BCUT2D eigenvalue weighted by Crippen LogP contribution is -2.28. The summed E-state index contributed by atoms with van der Waals surface area (Å²) in [6.45, 7) is 1.95. The maximum Gasteiger partial charge on any atom is 0.124 e. The van der Waals surface area contributed by atoms with Crippen molar-refractivity contribution in [2.75, 3.05) is 5.73 Å². The molecular formula is C12H11N3. The molecule has 3 rings (SSSR count). The number of hydrogen-bond acceptors (Lipinski definition) is 3. The first kappa shape index (κ1) is 8.41. The highest BCUT2D eigenvalue weighted by atomic mass is 14.9. The molecule has 1 aromatic rings. The van der Waals surface area contributed by atoms with Crippen LogP contribution in [0, 0.1) is 6.92 Å². The summed E-state index contributed by atoms with van der Waals surface area (Å²) < 4.78 is 0. The highest BCUT2D eigenvalue weighted by Crippen LogP contribution is 2.22. The third-order valence-corrected chi connectivity index (χ3v) is 2.77. The van der Waals surface area contributed by atoms with Gasteiger partial charge in [0.05, 0.1) is 16.7 Å². The van der Waals surface area contributed by atoms with E-state index in [4.69, 9.17) is 5.73 Å². The first-order valence-corrected chi connectivity index (χ1v) is 4.98. The zero-order chi connectivity index (χ0) is 10.4. The Hall–Kier alpha value is -1.90. The standard InChI is InChI=1S/C12H11N3/c1-7-12-9(6-11(13)14-7)8-4-2-3-5-10(8)15-12/h2-3,5-6H,4,13H2,1H3. The van der Waals surface area contributed by atoms with E-state index >= 15 is 0 Å². The van der Waals surface area contributed by atoms with Gasteiger partial charge in [-0.25, -0.2) is 9.98 Å². The van der Waals surface area contributed by atoms with Gasteiger partial charge in [0.15, 0.2) is 0 Å². The number of fused-ring (bicyclic) bond motifs is 2. The number of nitrogens with zero attached hydrogens (tertiary/aromatic N) is 2. The highest BCUT2D eigenvalue weighted by Gasteiger charge is 2.15. The quantitative estimate of drug-likeness (QED) is 0.662. The van der Waals surface area contributed by atoms with Gasteiger partial charge in [-0.15, -0.1) is 0 Å². The molecule has 74 valence electrons. The first-order valence-electron chi connectivity index (χ1n) is 4.98. The van der Waals surface area contributed by atoms with Crippen molar-refractivity contribution in [3.63, 3.8) is 0 Å². The van der Waals surface area contributed by atoms with Gasteiger partial charge in [0.2, 0.25) is 0 Å². The Bertz CT molecular complexity index is 621. The van der Waals surface area contributed by atoms with Crippen molar-refractivity contribution in [2.24, 2.45) is 4.99 Å². The number of pyridine rings is 1. The van der Waals surface area contributed by atoms with Crippen LogP contribution < -0.4 is 16.3 Å². The van der Waals surface area contributed by atoms with Gasteiger partial charge in [0, 0.05) is 5.22 Å². The molecule has 2 aliphatic rings. The van der Waals surface area contributed by atoms with Gasteiger partial charge in [-0.1, -0.05) is 12.2 Å². The lowest BCUT2D eigenvalue weighted by atomic mass is 10.0. The van der Waals surface area contributed by atoms with E-state index in [-0.39, 0.29) is 0 Å². The van der Waals surface area contributed by atoms with E-state index in [0.29, 0.717) is 5.82 Å². The average Bonchev–Trinajstić information content (AvgIpc) is 2.57. The van der Waals surface area contributed by atoms with Gasteiger partial charge >= 0.3 is 0 Å². The second-order valence-corrected chi connectivity index (χ2v) is 3.80. The van der Waals surface area contributed by atoms with Crippen LogP contribution in [0.3, 0.4) is 0 Å². The summed E-state index contributed by atoms with van der Waals surface area (Å²) in [4.78, 5) is 8.80. The topological polar surface area (TPSA) is 51.3 Å². The van der Waals surface area contributed by atoms with Crippen LogP contribution in [0.15, 0.2) is 35.0 Å². The fourth-order valence-electron chi connectivity index (χ4n) is 2.08. The van der Waals surface area contributed by atoms with E-state index in [1.165, 1.54) is 5.57 Å². The Kier molecular flexibility index (Phi) is 1.57. The van der Waals surface area contributed by atoms with E-state index in [2.05, 4.69) is 16.1 Å². The van der Waals surface area contributed by atoms with Crippen molar-refractivity contribution in [1.29, 1.82) is 0 Å². The highest BCUT2D eigenvalue weighted by molar-refractivity contribution is 5.70. The maximum absolute atomic E-state index is 5.75. The van der Waals surface area contributed by atoms with E-state index in [1.54, 1.807) is 0 Å². The predicted octanol–water partition coefficient (Wildman–Crippen LogP) is 0.600. The lowest BCUT2D eigenvalue weighted by molar-refractivity contribution is 1.12. The Balaban J connectivity index is 2.47. The van der Waals surface area contributed by atoms with E-state index in [1.807, 2.05) is 25.1 Å². The number of allylic oxidation sites excluding steroid dienone is 4. The number of aromatic nitrogens is 1. The van der Waals surface area contributed by atoms with Gasteiger partial charge in [-0.2, -0.15) is 0 Å². The summed E-state index contributed by atoms with van der Waals surface area (Å²) in [5.74, 6) is 0.574. The van der Waals surface area contributed by atoms with Crippen molar-refractivity contribution in [2.45, 2.75) is 13.3 Å². The molecule has 0 saturated carbocycles. The summed E-state index contributed by atoms with van der Waals surface area (Å²) in [5, 5.41) is 2.13. The van der Waals surface area contributed by atoms with Gasteiger partial charge in [-0.3, -0.25) is 0 Å². The zero-order valence-corrected chi connectivity index (χ0v) is 8.49. The molecule has 15 heavy (non-hydrogen) atoms. The van der Waals surface area contributed by atoms with E-state index < -0.39 is 0 Å². The third-order valence-electron chi connectivity index (χ3n) is 2.77. The number of rotatable bonds is 0. The van der Waals surface area contributed by atoms with E-state index in [0.717, 1.165) is 28.4 Å². The minimum atomic E-state index is 0.574. The molecule has 1 aromatic heterocycles. The number of hydrogen-bond donors (Lipinski definition) is 1. The molecule has 2 N–H and O–H groups in total. The summed E-state index contributed by atoms with van der Waals surface area (Å²) in [6, 6.07) is 1.92. The molecule has 2 heterocycles. The van der Waals surface area contributed by atoms with Crippen molar-refractivity contribution in [1.82, 2.24) is 4.98 Å². The molecule has 1 aliphatic heterocycles. The number of anilines is 1. The monoisotopic (exact) mass is 197 g/mol. The lowest BCUT2D eigenvalue weighted by Gasteiger charge is -2.03. The summed E-state index contributed by atoms with van der Waals surface area (Å²) >= 11 is 0. The van der Waals surface area contributed by atoms with Crippen molar-refractivity contribution >= 4 is 11.4 Å². The van der Waals surface area contributed by atoms with Crippen molar-refractivity contribution in [3.8, 4) is 0 Å². The molecule has 0 atom stereocenters. The van der Waals surface area contributed by atoms with Crippen LogP contribution in [0.1, 0.15) is 12.1 Å². The number of nitrogen functional groups attached to an aromatic ring is 1. The molecule has 0 spiro atoms. The van der Waals surface area contributed by atoms with Gasteiger partial charge in [-0.05, 0) is 31.1 Å². The van der Waals surface area contributed by atoms with Crippen LogP contribution >= 0.6 is 0 Å². The molecule has 0 unspecified atom stereocenters. The van der Waals surface area contributed by atoms with Gasteiger partial charge in [0.25, 0.3) is 0 Å². The molecule has 0 fully saturated rings. The molecular weight excluding hydrogens is 186 g/mol. The van der Waals surface area contributed by atoms with Crippen LogP contribution in [-0.2, 0) is 0 Å². The SMILES string of the molecule is Cc1nc(N)cc2c1=NC1=CC=CCC=21. The van der Waals surface area contributed by atoms with Gasteiger partial charge < -0.3 is 5.73 Å². The van der Waals surface area contributed by atoms with E-state index in [9.17, 15) is 0 Å². The Labute approximate surface area is 87.4 Å². The minimum Gasteiger partial charge on any atom is -0.384 e. The fourth-order valence-corrected chi connectivity index (χ4v) is 2.08. The molecule has 1 aliphatic carbocycles. The van der Waals surface area contributed by atoms with Crippen LogP contribution in [0.5, 0.6) is 0 Å². The second kappa shape index (κ2) is 2.79. The van der Waals surface area contributed by atoms with Crippen molar-refractivity contribution < 1.29 is 0 Å². The average molecular weight is 197 g/mol. The van der Waals surface area contributed by atoms with Gasteiger partial charge in [0.1, 0.15) is 5.82 Å². The normalized spacial score (nSPS) is 16.9. The van der Waals surface area contributed by atoms with Crippen LogP contribution in [0.25, 0.3) is 5.57 Å². The Morgan fingerprint density at radius 3 is 3.13 bits per heavy atom. The van der Waals surface area contributed by atoms with Crippen LogP contribution in [-0.4, -0.2) is 4.98 Å². The number of nitrogens with two attached hydrogens (primary N) is 1. The first-order chi connectivity index (χ1) is 7.25. The smallest absolute Gasteiger partial charge is 0.124 e. The Morgan fingerprint density at radius 1 is 1.40 bits per heavy atom.